The Morgan fingerprint density at radius 1 is 1.25 bits per heavy atom. The maximum Gasteiger partial charge on any atom is 0.135 e. The molecule has 0 radical (unpaired) electrons. The van der Waals surface area contributed by atoms with Crippen molar-refractivity contribution in [3.63, 3.8) is 0 Å². The van der Waals surface area contributed by atoms with E-state index in [0.29, 0.717) is 18.5 Å². The van der Waals surface area contributed by atoms with Crippen molar-refractivity contribution >= 4 is 11.6 Å². The van der Waals surface area contributed by atoms with E-state index in [2.05, 4.69) is 42.6 Å². The normalized spacial score (nSPS) is 11.3. The molecule has 114 valence electrons. The summed E-state index contributed by atoms with van der Waals surface area (Å²) in [4.78, 5) is 11.3. The van der Waals surface area contributed by atoms with Gasteiger partial charge in [0.25, 0.3) is 0 Å². The van der Waals surface area contributed by atoms with E-state index in [9.17, 15) is 0 Å². The van der Waals surface area contributed by atoms with Crippen LogP contribution in [0.4, 0.5) is 11.6 Å². The molecule has 0 aromatic carbocycles. The Bertz CT molecular complexity index is 405. The zero-order chi connectivity index (χ0) is 15.1. The molecule has 0 aliphatic rings. The molecule has 0 atom stereocenters. The molecule has 20 heavy (non-hydrogen) atoms. The maximum absolute atomic E-state index is 5.94. The third-order valence-electron chi connectivity index (χ3n) is 3.48. The van der Waals surface area contributed by atoms with E-state index in [1.807, 2.05) is 6.07 Å². The smallest absolute Gasteiger partial charge is 0.135 e. The highest BCUT2D eigenvalue weighted by atomic mass is 16.5. The first-order valence-corrected chi connectivity index (χ1v) is 7.43. The highest BCUT2D eigenvalue weighted by Crippen LogP contribution is 2.22. The first-order valence-electron chi connectivity index (χ1n) is 7.43. The van der Waals surface area contributed by atoms with Crippen LogP contribution in [0.15, 0.2) is 6.07 Å². The molecule has 5 nitrogen and oxygen atoms in total. The molecule has 0 aliphatic carbocycles. The van der Waals surface area contributed by atoms with Crippen molar-refractivity contribution in [2.24, 2.45) is 0 Å². The number of rotatable bonds is 8. The summed E-state index contributed by atoms with van der Waals surface area (Å²) in [6, 6.07) is 2.30. The molecule has 1 rings (SSSR count). The van der Waals surface area contributed by atoms with Gasteiger partial charge in [0.1, 0.15) is 17.5 Å². The molecule has 0 saturated carbocycles. The van der Waals surface area contributed by atoms with Gasteiger partial charge >= 0.3 is 0 Å². The molecular weight excluding hydrogens is 252 g/mol. The van der Waals surface area contributed by atoms with E-state index in [1.54, 1.807) is 7.11 Å². The van der Waals surface area contributed by atoms with Crippen LogP contribution in [0.25, 0.3) is 0 Å². The van der Waals surface area contributed by atoms with Gasteiger partial charge in [0.2, 0.25) is 0 Å². The predicted molar refractivity (Wildman–Crippen MR) is 84.1 cm³/mol. The number of hydrogen-bond acceptors (Lipinski definition) is 5. The van der Waals surface area contributed by atoms with E-state index in [1.165, 1.54) is 0 Å². The van der Waals surface area contributed by atoms with E-state index < -0.39 is 0 Å². The lowest BCUT2D eigenvalue weighted by molar-refractivity contribution is 0.202. The molecule has 2 N–H and O–H groups in total. The maximum atomic E-state index is 5.94. The molecule has 0 aliphatic heterocycles. The summed E-state index contributed by atoms with van der Waals surface area (Å²) in [5, 5.41) is 0. The van der Waals surface area contributed by atoms with Crippen molar-refractivity contribution in [1.82, 2.24) is 9.97 Å². The van der Waals surface area contributed by atoms with Gasteiger partial charge in [0, 0.05) is 31.7 Å². The number of nitrogens with two attached hydrogens (primary N) is 1. The summed E-state index contributed by atoms with van der Waals surface area (Å²) in [6.45, 7) is 10.0. The molecule has 0 saturated heterocycles. The molecule has 0 fully saturated rings. The first kappa shape index (κ1) is 16.7. The lowest BCUT2D eigenvalue weighted by Gasteiger charge is -2.32. The molecule has 1 aromatic heterocycles. The van der Waals surface area contributed by atoms with Crippen molar-refractivity contribution in [2.45, 2.75) is 52.5 Å². The average Bonchev–Trinajstić information content (AvgIpc) is 2.42. The van der Waals surface area contributed by atoms with Crippen molar-refractivity contribution < 1.29 is 4.74 Å². The quantitative estimate of drug-likeness (QED) is 0.793. The third-order valence-corrected chi connectivity index (χ3v) is 3.48. The number of nitrogen functional groups attached to an aromatic ring is 1. The Labute approximate surface area is 122 Å². The second-order valence-electron chi connectivity index (χ2n) is 5.32. The van der Waals surface area contributed by atoms with Crippen LogP contribution in [0.2, 0.25) is 0 Å². The van der Waals surface area contributed by atoms with Crippen LogP contribution in [0.1, 0.15) is 52.3 Å². The minimum atomic E-state index is 0.267. The number of methoxy groups -OCH3 is 1. The van der Waals surface area contributed by atoms with Gasteiger partial charge in [-0.3, -0.25) is 0 Å². The average molecular weight is 280 g/mol. The van der Waals surface area contributed by atoms with E-state index in [0.717, 1.165) is 31.0 Å². The van der Waals surface area contributed by atoms with E-state index >= 15 is 0 Å². The van der Waals surface area contributed by atoms with Crippen LogP contribution in [0.3, 0.4) is 0 Å². The fourth-order valence-corrected chi connectivity index (χ4v) is 2.28. The standard InChI is InChI=1S/C15H28N4O/c1-6-12(7-2)19(8-9-20-5)14-10-13(16)17-15(18-14)11(3)4/h10-12H,6-9H2,1-5H3,(H2,16,17,18). The summed E-state index contributed by atoms with van der Waals surface area (Å²) < 4.78 is 5.22. The van der Waals surface area contributed by atoms with Crippen LogP contribution in [0.5, 0.6) is 0 Å². The van der Waals surface area contributed by atoms with Crippen LogP contribution < -0.4 is 10.6 Å². The summed E-state index contributed by atoms with van der Waals surface area (Å²) in [5.41, 5.74) is 5.94. The zero-order valence-electron chi connectivity index (χ0n) is 13.4. The number of ether oxygens (including phenoxy) is 1. The SMILES string of the molecule is CCC(CC)N(CCOC)c1cc(N)nc(C(C)C)n1. The van der Waals surface area contributed by atoms with Crippen molar-refractivity contribution in [3.8, 4) is 0 Å². The largest absolute Gasteiger partial charge is 0.384 e. The van der Waals surface area contributed by atoms with E-state index in [4.69, 9.17) is 10.5 Å². The fourth-order valence-electron chi connectivity index (χ4n) is 2.28. The van der Waals surface area contributed by atoms with Crippen molar-refractivity contribution in [1.29, 1.82) is 0 Å². The number of aromatic nitrogens is 2. The summed E-state index contributed by atoms with van der Waals surface area (Å²) in [7, 11) is 1.72. The van der Waals surface area contributed by atoms with Gasteiger partial charge in [0.15, 0.2) is 0 Å². The van der Waals surface area contributed by atoms with Crippen LogP contribution >= 0.6 is 0 Å². The Morgan fingerprint density at radius 3 is 2.40 bits per heavy atom. The molecule has 0 spiro atoms. The molecule has 0 amide bonds. The molecule has 0 bridgehead atoms. The lowest BCUT2D eigenvalue weighted by atomic mass is 10.1. The predicted octanol–water partition coefficient (Wildman–Crippen LogP) is 2.82. The summed E-state index contributed by atoms with van der Waals surface area (Å²) in [5.74, 6) is 2.51. The Morgan fingerprint density at radius 2 is 1.90 bits per heavy atom. The van der Waals surface area contributed by atoms with Gasteiger partial charge in [0.05, 0.1) is 6.61 Å². The Kier molecular flexibility index (Phi) is 6.71. The minimum absolute atomic E-state index is 0.267. The Hall–Kier alpha value is -1.36. The van der Waals surface area contributed by atoms with Gasteiger partial charge in [-0.2, -0.15) is 0 Å². The zero-order valence-corrected chi connectivity index (χ0v) is 13.4. The number of hydrogen-bond donors (Lipinski definition) is 1. The van der Waals surface area contributed by atoms with Crippen molar-refractivity contribution in [3.05, 3.63) is 11.9 Å². The second-order valence-corrected chi connectivity index (χ2v) is 5.32. The summed E-state index contributed by atoms with van der Waals surface area (Å²) in [6.07, 6.45) is 2.14. The highest BCUT2D eigenvalue weighted by Gasteiger charge is 2.18. The fraction of sp³-hybridized carbons (Fsp3) is 0.733. The topological polar surface area (TPSA) is 64.3 Å². The van der Waals surface area contributed by atoms with Crippen LogP contribution in [-0.2, 0) is 4.74 Å². The molecule has 0 unspecified atom stereocenters. The monoisotopic (exact) mass is 280 g/mol. The van der Waals surface area contributed by atoms with Crippen molar-refractivity contribution in [2.75, 3.05) is 30.9 Å². The number of nitrogens with zero attached hydrogens (tertiary/aromatic N) is 3. The second kappa shape index (κ2) is 8.04. The summed E-state index contributed by atoms with van der Waals surface area (Å²) >= 11 is 0. The van der Waals surface area contributed by atoms with Gasteiger partial charge in [-0.25, -0.2) is 9.97 Å². The van der Waals surface area contributed by atoms with Gasteiger partial charge < -0.3 is 15.4 Å². The molecule has 1 heterocycles. The third kappa shape index (κ3) is 4.34. The van der Waals surface area contributed by atoms with E-state index in [-0.39, 0.29) is 5.92 Å². The van der Waals surface area contributed by atoms with Gasteiger partial charge in [-0.15, -0.1) is 0 Å². The van der Waals surface area contributed by atoms with Crippen LogP contribution in [0, 0.1) is 0 Å². The number of anilines is 2. The Balaban J connectivity index is 3.11. The lowest BCUT2D eigenvalue weighted by Crippen LogP contribution is -2.38. The first-order chi connectivity index (χ1) is 9.53. The molecular formula is C15H28N4O. The van der Waals surface area contributed by atoms with Crippen LogP contribution in [-0.4, -0.2) is 36.3 Å². The minimum Gasteiger partial charge on any atom is -0.384 e. The molecule has 1 aromatic rings. The molecule has 5 heteroatoms. The highest BCUT2D eigenvalue weighted by molar-refractivity contribution is 5.48. The van der Waals surface area contributed by atoms with Gasteiger partial charge in [-0.05, 0) is 12.8 Å². The van der Waals surface area contributed by atoms with Gasteiger partial charge in [-0.1, -0.05) is 27.7 Å².